The lowest BCUT2D eigenvalue weighted by Crippen LogP contribution is -2.45. The van der Waals surface area contributed by atoms with Crippen molar-refractivity contribution in [2.24, 2.45) is 17.8 Å². The molecule has 2 saturated carbocycles. The standard InChI is InChI=1S/C19H23NO5/c1-19(2,10-3-4-15-16(7-10)25-6-5-24-15)18(23)20-14-9-13(17(21)22)11-8-12(11)14/h3-4,7,11-14H,5-6,8-9H2,1-2H3,(H,20,23)(H,21,22)/t11-,12+,13-,14+/m0/s1. The van der Waals surface area contributed by atoms with Gasteiger partial charge >= 0.3 is 5.97 Å². The highest BCUT2D eigenvalue weighted by Gasteiger charge is 2.57. The monoisotopic (exact) mass is 345 g/mol. The molecule has 0 bridgehead atoms. The molecule has 1 aromatic carbocycles. The van der Waals surface area contributed by atoms with Crippen molar-refractivity contribution in [3.05, 3.63) is 23.8 Å². The fraction of sp³-hybridized carbons (Fsp3) is 0.579. The van der Waals surface area contributed by atoms with Gasteiger partial charge in [0.15, 0.2) is 11.5 Å². The van der Waals surface area contributed by atoms with E-state index in [-0.39, 0.29) is 23.8 Å². The number of carbonyl (C=O) groups excluding carboxylic acids is 1. The second kappa shape index (κ2) is 5.64. The number of hydrogen-bond donors (Lipinski definition) is 2. The number of nitrogens with one attached hydrogen (secondary N) is 1. The van der Waals surface area contributed by atoms with Crippen LogP contribution < -0.4 is 14.8 Å². The zero-order valence-electron chi connectivity index (χ0n) is 14.5. The second-order valence-corrected chi connectivity index (χ2v) is 7.81. The summed E-state index contributed by atoms with van der Waals surface area (Å²) < 4.78 is 11.1. The van der Waals surface area contributed by atoms with E-state index in [4.69, 9.17) is 9.47 Å². The van der Waals surface area contributed by atoms with Gasteiger partial charge in [-0.1, -0.05) is 6.07 Å². The molecule has 6 heteroatoms. The number of carboxylic acid groups (broad SMARTS) is 1. The van der Waals surface area contributed by atoms with Crippen molar-refractivity contribution in [2.75, 3.05) is 13.2 Å². The van der Waals surface area contributed by atoms with E-state index in [0.717, 1.165) is 12.0 Å². The molecule has 4 rings (SSSR count). The van der Waals surface area contributed by atoms with Crippen molar-refractivity contribution in [3.63, 3.8) is 0 Å². The minimum atomic E-state index is -0.740. The molecule has 0 saturated heterocycles. The van der Waals surface area contributed by atoms with Gasteiger partial charge in [-0.25, -0.2) is 0 Å². The van der Waals surface area contributed by atoms with Crippen LogP contribution >= 0.6 is 0 Å². The molecule has 0 aromatic heterocycles. The van der Waals surface area contributed by atoms with Crippen molar-refractivity contribution in [1.82, 2.24) is 5.32 Å². The summed E-state index contributed by atoms with van der Waals surface area (Å²) >= 11 is 0. The third-order valence-electron chi connectivity index (χ3n) is 5.90. The van der Waals surface area contributed by atoms with E-state index in [1.807, 2.05) is 32.0 Å². The van der Waals surface area contributed by atoms with Gasteiger partial charge in [0.2, 0.25) is 5.91 Å². The molecule has 2 aliphatic carbocycles. The quantitative estimate of drug-likeness (QED) is 0.871. The summed E-state index contributed by atoms with van der Waals surface area (Å²) in [5.74, 6) is 0.793. The minimum absolute atomic E-state index is 0.0323. The van der Waals surface area contributed by atoms with E-state index in [1.165, 1.54) is 0 Å². The molecule has 3 aliphatic rings. The molecule has 0 radical (unpaired) electrons. The van der Waals surface area contributed by atoms with E-state index < -0.39 is 11.4 Å². The highest BCUT2D eigenvalue weighted by atomic mass is 16.6. The predicted molar refractivity (Wildman–Crippen MR) is 89.7 cm³/mol. The molecule has 0 spiro atoms. The van der Waals surface area contributed by atoms with Crippen LogP contribution in [0.1, 0.15) is 32.3 Å². The first-order valence-corrected chi connectivity index (χ1v) is 8.82. The van der Waals surface area contributed by atoms with Gasteiger partial charge in [-0.05, 0) is 56.2 Å². The second-order valence-electron chi connectivity index (χ2n) is 7.81. The van der Waals surface area contributed by atoms with Crippen LogP contribution in [0.15, 0.2) is 18.2 Å². The fourth-order valence-electron chi connectivity index (χ4n) is 4.15. The number of benzene rings is 1. The molecule has 4 atom stereocenters. The Kier molecular flexibility index (Phi) is 3.67. The van der Waals surface area contributed by atoms with Gasteiger partial charge in [-0.15, -0.1) is 0 Å². The third-order valence-corrected chi connectivity index (χ3v) is 5.90. The van der Waals surface area contributed by atoms with Crippen molar-refractivity contribution in [2.45, 2.75) is 38.1 Å². The summed E-state index contributed by atoms with van der Waals surface area (Å²) in [4.78, 5) is 24.2. The van der Waals surface area contributed by atoms with E-state index in [9.17, 15) is 14.7 Å². The Balaban J connectivity index is 1.49. The van der Waals surface area contributed by atoms with E-state index >= 15 is 0 Å². The first kappa shape index (κ1) is 16.2. The van der Waals surface area contributed by atoms with Gasteiger partial charge in [-0.2, -0.15) is 0 Å². The maximum absolute atomic E-state index is 12.9. The molecule has 134 valence electrons. The molecule has 1 aromatic rings. The highest BCUT2D eigenvalue weighted by molar-refractivity contribution is 5.88. The molecule has 1 heterocycles. The smallest absolute Gasteiger partial charge is 0.306 e. The van der Waals surface area contributed by atoms with Gasteiger partial charge < -0.3 is 19.9 Å². The van der Waals surface area contributed by atoms with Gasteiger partial charge in [0, 0.05) is 6.04 Å². The summed E-state index contributed by atoms with van der Waals surface area (Å²) in [7, 11) is 0. The fourth-order valence-corrected chi connectivity index (χ4v) is 4.15. The Morgan fingerprint density at radius 1 is 1.12 bits per heavy atom. The third kappa shape index (κ3) is 2.73. The number of hydrogen-bond acceptors (Lipinski definition) is 4. The van der Waals surface area contributed by atoms with E-state index in [1.54, 1.807) is 0 Å². The number of aliphatic carboxylic acids is 1. The highest BCUT2D eigenvalue weighted by Crippen LogP contribution is 2.55. The Hall–Kier alpha value is -2.24. The zero-order valence-corrected chi connectivity index (χ0v) is 14.5. The number of amides is 1. The Morgan fingerprint density at radius 3 is 2.52 bits per heavy atom. The summed E-state index contributed by atoms with van der Waals surface area (Å²) in [6.45, 7) is 4.79. The predicted octanol–water partition coefficient (Wildman–Crippen LogP) is 1.96. The SMILES string of the molecule is CC(C)(C(=O)N[C@@H]1C[C@H](C(=O)O)[C@H]2C[C@H]21)c1ccc2c(c1)OCCO2. The topological polar surface area (TPSA) is 84.9 Å². The van der Waals surface area contributed by atoms with Crippen LogP contribution in [-0.4, -0.2) is 36.2 Å². The van der Waals surface area contributed by atoms with Crippen LogP contribution in [0.4, 0.5) is 0 Å². The van der Waals surface area contributed by atoms with Crippen LogP contribution in [0.5, 0.6) is 11.5 Å². The minimum Gasteiger partial charge on any atom is -0.486 e. The average Bonchev–Trinajstić information content (AvgIpc) is 3.30. The lowest BCUT2D eigenvalue weighted by molar-refractivity contribution is -0.142. The van der Waals surface area contributed by atoms with Gasteiger partial charge in [0.05, 0.1) is 11.3 Å². The van der Waals surface area contributed by atoms with Crippen molar-refractivity contribution >= 4 is 11.9 Å². The lowest BCUT2D eigenvalue weighted by Gasteiger charge is -2.28. The Labute approximate surface area is 146 Å². The number of ether oxygens (including phenoxy) is 2. The average molecular weight is 345 g/mol. The molecule has 2 fully saturated rings. The number of rotatable bonds is 4. The molecule has 2 N–H and O–H groups in total. The molecule has 1 amide bonds. The Bertz CT molecular complexity index is 729. The van der Waals surface area contributed by atoms with Crippen LogP contribution in [0, 0.1) is 17.8 Å². The van der Waals surface area contributed by atoms with Crippen LogP contribution in [0.3, 0.4) is 0 Å². The summed E-state index contributed by atoms with van der Waals surface area (Å²) in [6.07, 6.45) is 1.44. The maximum Gasteiger partial charge on any atom is 0.306 e. The molecular formula is C19H23NO5. The van der Waals surface area contributed by atoms with Crippen molar-refractivity contribution in [1.29, 1.82) is 0 Å². The summed E-state index contributed by atoms with van der Waals surface area (Å²) in [6, 6.07) is 5.56. The Morgan fingerprint density at radius 2 is 1.84 bits per heavy atom. The van der Waals surface area contributed by atoms with Crippen molar-refractivity contribution in [3.8, 4) is 11.5 Å². The normalized spacial score (nSPS) is 29.7. The lowest BCUT2D eigenvalue weighted by atomic mass is 9.83. The first-order valence-electron chi connectivity index (χ1n) is 8.82. The van der Waals surface area contributed by atoms with Crippen LogP contribution in [-0.2, 0) is 15.0 Å². The number of carboxylic acids is 1. The van der Waals surface area contributed by atoms with Crippen LogP contribution in [0.2, 0.25) is 0 Å². The first-order chi connectivity index (χ1) is 11.9. The van der Waals surface area contributed by atoms with E-state index in [0.29, 0.717) is 37.1 Å². The molecule has 1 aliphatic heterocycles. The summed E-state index contributed by atoms with van der Waals surface area (Å²) in [5.41, 5.74) is 0.121. The molecule has 6 nitrogen and oxygen atoms in total. The number of fused-ring (bicyclic) bond motifs is 2. The maximum atomic E-state index is 12.9. The summed E-state index contributed by atoms with van der Waals surface area (Å²) in [5, 5.41) is 12.4. The van der Waals surface area contributed by atoms with Crippen molar-refractivity contribution < 1.29 is 24.2 Å². The molecular weight excluding hydrogens is 322 g/mol. The van der Waals surface area contributed by atoms with Gasteiger partial charge in [0.25, 0.3) is 0 Å². The number of carbonyl (C=O) groups is 2. The van der Waals surface area contributed by atoms with E-state index in [2.05, 4.69) is 5.32 Å². The molecule has 0 unspecified atom stereocenters. The largest absolute Gasteiger partial charge is 0.486 e. The van der Waals surface area contributed by atoms with Crippen LogP contribution in [0.25, 0.3) is 0 Å². The molecule has 25 heavy (non-hydrogen) atoms. The van der Waals surface area contributed by atoms with Gasteiger partial charge in [-0.3, -0.25) is 9.59 Å². The van der Waals surface area contributed by atoms with Gasteiger partial charge in [0.1, 0.15) is 13.2 Å². The zero-order chi connectivity index (χ0) is 17.8.